The van der Waals surface area contributed by atoms with Gasteiger partial charge < -0.3 is 42.7 Å². The molecule has 36 heavy (non-hydrogen) atoms. The number of carboxylic acid groups (broad SMARTS) is 3. The van der Waals surface area contributed by atoms with Gasteiger partial charge in [-0.3, -0.25) is 28.8 Å². The van der Waals surface area contributed by atoms with Gasteiger partial charge in [-0.05, 0) is 37.7 Å². The molecule has 15 nitrogen and oxygen atoms in total. The average Bonchev–Trinajstić information content (AvgIpc) is 2.79. The minimum absolute atomic E-state index is 0.284. The van der Waals surface area contributed by atoms with E-state index in [1.807, 2.05) is 0 Å². The molecule has 0 aliphatic carbocycles. The summed E-state index contributed by atoms with van der Waals surface area (Å²) in [6, 6.07) is -5.49. The maximum atomic E-state index is 12.9. The lowest BCUT2D eigenvalue weighted by molar-refractivity contribution is -0.143. The summed E-state index contributed by atoms with van der Waals surface area (Å²) in [5, 5.41) is 33.9. The fourth-order valence-corrected chi connectivity index (χ4v) is 3.31. The molecular formula is C20H33N5O10S. The van der Waals surface area contributed by atoms with Crippen LogP contribution in [0.4, 0.5) is 0 Å². The van der Waals surface area contributed by atoms with Gasteiger partial charge in [0.15, 0.2) is 0 Å². The highest BCUT2D eigenvalue weighted by Crippen LogP contribution is 2.06. The summed E-state index contributed by atoms with van der Waals surface area (Å²) in [7, 11) is 0. The van der Waals surface area contributed by atoms with Crippen molar-refractivity contribution in [1.29, 1.82) is 0 Å². The first kappa shape index (κ1) is 32.6. The highest BCUT2D eigenvalue weighted by molar-refractivity contribution is 7.98. The van der Waals surface area contributed by atoms with Crippen LogP contribution in [-0.2, 0) is 33.6 Å². The highest BCUT2D eigenvalue weighted by atomic mass is 32.2. The van der Waals surface area contributed by atoms with Crippen LogP contribution in [0.5, 0.6) is 0 Å². The lowest BCUT2D eigenvalue weighted by atomic mass is 10.1. The summed E-state index contributed by atoms with van der Waals surface area (Å²) in [6.07, 6.45) is -0.509. The van der Waals surface area contributed by atoms with Crippen LogP contribution >= 0.6 is 11.8 Å². The number of primary amides is 1. The van der Waals surface area contributed by atoms with Gasteiger partial charge >= 0.3 is 17.9 Å². The van der Waals surface area contributed by atoms with Gasteiger partial charge in [-0.2, -0.15) is 11.8 Å². The van der Waals surface area contributed by atoms with Crippen LogP contribution in [0.2, 0.25) is 0 Å². The van der Waals surface area contributed by atoms with Gasteiger partial charge in [0, 0.05) is 19.3 Å². The molecule has 0 saturated carbocycles. The Morgan fingerprint density at radius 1 is 0.694 bits per heavy atom. The molecule has 0 bridgehead atoms. The predicted octanol–water partition coefficient (Wildman–Crippen LogP) is -2.40. The van der Waals surface area contributed by atoms with Crippen molar-refractivity contribution in [2.45, 2.75) is 69.1 Å². The van der Waals surface area contributed by atoms with Crippen LogP contribution in [0.25, 0.3) is 0 Å². The van der Waals surface area contributed by atoms with Crippen LogP contribution in [-0.4, -0.2) is 93.0 Å². The molecule has 0 aliphatic rings. The van der Waals surface area contributed by atoms with Gasteiger partial charge in [-0.1, -0.05) is 0 Å². The van der Waals surface area contributed by atoms with E-state index in [1.165, 1.54) is 11.8 Å². The molecule has 4 amide bonds. The lowest BCUT2D eigenvalue weighted by Gasteiger charge is -2.25. The number of nitrogens with two attached hydrogens (primary N) is 2. The monoisotopic (exact) mass is 535 g/mol. The number of hydrogen-bond acceptors (Lipinski definition) is 9. The molecule has 0 aromatic heterocycles. The van der Waals surface area contributed by atoms with E-state index in [0.29, 0.717) is 5.75 Å². The second kappa shape index (κ2) is 17.1. The van der Waals surface area contributed by atoms with Crippen molar-refractivity contribution >= 4 is 53.3 Å². The predicted molar refractivity (Wildman–Crippen MR) is 127 cm³/mol. The molecule has 0 fully saturated rings. The lowest BCUT2D eigenvalue weighted by Crippen LogP contribution is -2.57. The third-order valence-electron chi connectivity index (χ3n) is 4.82. The molecule has 0 heterocycles. The summed E-state index contributed by atoms with van der Waals surface area (Å²) < 4.78 is 0. The van der Waals surface area contributed by atoms with Crippen LogP contribution in [0.1, 0.15) is 44.9 Å². The van der Waals surface area contributed by atoms with Crippen molar-refractivity contribution in [3.8, 4) is 0 Å². The summed E-state index contributed by atoms with van der Waals surface area (Å²) in [5.41, 5.74) is 10.8. The quantitative estimate of drug-likeness (QED) is 0.0860. The fraction of sp³-hybridized carbons (Fsp3) is 0.650. The van der Waals surface area contributed by atoms with Gasteiger partial charge in [0.1, 0.15) is 18.1 Å². The van der Waals surface area contributed by atoms with Gasteiger partial charge in [-0.25, -0.2) is 4.79 Å². The van der Waals surface area contributed by atoms with Gasteiger partial charge in [0.25, 0.3) is 0 Å². The molecule has 0 saturated heterocycles. The number of carbonyl (C=O) groups is 7. The molecule has 0 aromatic carbocycles. The summed E-state index contributed by atoms with van der Waals surface area (Å²) in [4.78, 5) is 82.3. The second-order valence-electron chi connectivity index (χ2n) is 7.78. The minimum Gasteiger partial charge on any atom is -0.481 e. The number of hydrogen-bond donors (Lipinski definition) is 8. The molecule has 4 atom stereocenters. The number of aliphatic carboxylic acids is 3. The molecule has 4 unspecified atom stereocenters. The van der Waals surface area contributed by atoms with Crippen molar-refractivity contribution in [1.82, 2.24) is 16.0 Å². The molecule has 0 aliphatic heterocycles. The zero-order chi connectivity index (χ0) is 27.8. The Hall–Kier alpha value is -3.40. The van der Waals surface area contributed by atoms with E-state index in [1.54, 1.807) is 6.26 Å². The van der Waals surface area contributed by atoms with Crippen LogP contribution < -0.4 is 27.4 Å². The largest absolute Gasteiger partial charge is 0.481 e. The Morgan fingerprint density at radius 2 is 1.11 bits per heavy atom. The van der Waals surface area contributed by atoms with E-state index in [4.69, 9.17) is 21.7 Å². The number of thioether (sulfide) groups is 1. The van der Waals surface area contributed by atoms with Gasteiger partial charge in [0.05, 0.1) is 6.04 Å². The molecule has 16 heteroatoms. The molecule has 0 spiro atoms. The first-order chi connectivity index (χ1) is 16.8. The molecule has 10 N–H and O–H groups in total. The van der Waals surface area contributed by atoms with E-state index >= 15 is 0 Å². The molecule has 0 radical (unpaired) electrons. The Labute approximate surface area is 211 Å². The number of carboxylic acids is 3. The average molecular weight is 536 g/mol. The van der Waals surface area contributed by atoms with E-state index in [9.17, 15) is 38.7 Å². The van der Waals surface area contributed by atoms with E-state index in [0.717, 1.165) is 0 Å². The maximum Gasteiger partial charge on any atom is 0.326 e. The van der Waals surface area contributed by atoms with Crippen molar-refractivity contribution in [3.05, 3.63) is 0 Å². The number of rotatable bonds is 19. The van der Waals surface area contributed by atoms with Crippen molar-refractivity contribution in [3.63, 3.8) is 0 Å². The first-order valence-corrected chi connectivity index (χ1v) is 12.3. The zero-order valence-corrected chi connectivity index (χ0v) is 20.5. The SMILES string of the molecule is CSCCC(N)C(=O)NC(CCC(=O)O)C(=O)NC(CCC(=O)O)C(=O)NC(CCC(N)=O)C(=O)O. The molecule has 0 aromatic rings. The third kappa shape index (κ3) is 14.1. The summed E-state index contributed by atoms with van der Waals surface area (Å²) in [6.45, 7) is 0. The molecular weight excluding hydrogens is 502 g/mol. The number of carbonyl (C=O) groups excluding carboxylic acids is 4. The fourth-order valence-electron chi connectivity index (χ4n) is 2.82. The molecule has 0 rings (SSSR count). The van der Waals surface area contributed by atoms with E-state index in [2.05, 4.69) is 16.0 Å². The third-order valence-corrected chi connectivity index (χ3v) is 5.47. The highest BCUT2D eigenvalue weighted by Gasteiger charge is 2.31. The Bertz CT molecular complexity index is 825. The standard InChI is InChI=1S/C20H33N5O10S/c1-36-9-8-10(21)17(31)23-11(3-6-15(27)28)18(32)24-12(4-7-16(29)30)19(33)25-13(20(34)35)2-5-14(22)26/h10-13H,2-9,21H2,1H3,(H2,22,26)(H,23,31)(H,24,32)(H,25,33)(H,27,28)(H,29,30)(H,34,35). The molecule has 204 valence electrons. The van der Waals surface area contributed by atoms with E-state index in [-0.39, 0.29) is 25.7 Å². The zero-order valence-electron chi connectivity index (χ0n) is 19.7. The Kier molecular flexibility index (Phi) is 15.5. The summed E-state index contributed by atoms with van der Waals surface area (Å²) in [5.74, 6) is -7.07. The Balaban J connectivity index is 5.61. The normalized spacial score (nSPS) is 13.9. The van der Waals surface area contributed by atoms with Gasteiger partial charge in [0.2, 0.25) is 23.6 Å². The van der Waals surface area contributed by atoms with Crippen LogP contribution in [0.15, 0.2) is 0 Å². The first-order valence-electron chi connectivity index (χ1n) is 10.9. The van der Waals surface area contributed by atoms with E-state index < -0.39 is 85.0 Å². The van der Waals surface area contributed by atoms with Crippen LogP contribution in [0, 0.1) is 0 Å². The van der Waals surface area contributed by atoms with Crippen molar-refractivity contribution in [2.24, 2.45) is 11.5 Å². The topological polar surface area (TPSA) is 268 Å². The number of amides is 4. The van der Waals surface area contributed by atoms with Gasteiger partial charge in [-0.15, -0.1) is 0 Å². The minimum atomic E-state index is -1.55. The number of nitrogens with one attached hydrogen (secondary N) is 3. The Morgan fingerprint density at radius 3 is 1.50 bits per heavy atom. The summed E-state index contributed by atoms with van der Waals surface area (Å²) >= 11 is 1.44. The second-order valence-corrected chi connectivity index (χ2v) is 8.77. The maximum absolute atomic E-state index is 12.9. The van der Waals surface area contributed by atoms with Crippen molar-refractivity contribution < 1.29 is 48.9 Å². The van der Waals surface area contributed by atoms with Crippen LogP contribution in [0.3, 0.4) is 0 Å². The smallest absolute Gasteiger partial charge is 0.326 e. The van der Waals surface area contributed by atoms with Crippen molar-refractivity contribution in [2.75, 3.05) is 12.0 Å².